The second kappa shape index (κ2) is 6.68. The summed E-state index contributed by atoms with van der Waals surface area (Å²) in [5.74, 6) is 0.781. The van der Waals surface area contributed by atoms with E-state index in [9.17, 15) is 0 Å². The number of hydrogen-bond acceptors (Lipinski definition) is 6. The van der Waals surface area contributed by atoms with Crippen molar-refractivity contribution in [1.29, 1.82) is 0 Å². The minimum atomic E-state index is -0.0399. The highest BCUT2D eigenvalue weighted by atomic mass is 16.5. The molecule has 0 unspecified atom stereocenters. The van der Waals surface area contributed by atoms with E-state index in [2.05, 4.69) is 20.2 Å². The summed E-state index contributed by atoms with van der Waals surface area (Å²) in [4.78, 5) is 8.86. The van der Waals surface area contributed by atoms with E-state index in [0.29, 0.717) is 25.8 Å². The first-order valence-corrected chi connectivity index (χ1v) is 8.40. The van der Waals surface area contributed by atoms with Crippen LogP contribution in [0.1, 0.15) is 19.0 Å². The number of nitrogens with zero attached hydrogens (tertiary/aromatic N) is 3. The molecule has 1 aliphatic heterocycles. The van der Waals surface area contributed by atoms with Gasteiger partial charge in [-0.15, -0.1) is 0 Å². The van der Waals surface area contributed by atoms with Crippen LogP contribution in [-0.2, 0) is 4.74 Å². The molecule has 4 bridgehead atoms. The summed E-state index contributed by atoms with van der Waals surface area (Å²) in [6.07, 6.45) is 0.724. The van der Waals surface area contributed by atoms with Gasteiger partial charge in [0.15, 0.2) is 0 Å². The Labute approximate surface area is 145 Å². The smallest absolute Gasteiger partial charge is 0.317 e. The van der Waals surface area contributed by atoms with E-state index in [1.165, 1.54) is 0 Å². The minimum absolute atomic E-state index is 0.0399. The summed E-state index contributed by atoms with van der Waals surface area (Å²) in [5.41, 5.74) is 3.24. The van der Waals surface area contributed by atoms with Crippen molar-refractivity contribution in [2.24, 2.45) is 0 Å². The van der Waals surface area contributed by atoms with Gasteiger partial charge in [-0.25, -0.2) is 4.98 Å². The molecule has 0 aliphatic carbocycles. The van der Waals surface area contributed by atoms with Crippen molar-refractivity contribution < 1.29 is 14.2 Å². The third-order valence-corrected chi connectivity index (χ3v) is 3.96. The maximum atomic E-state index is 5.97. The lowest BCUT2D eigenvalue weighted by Crippen LogP contribution is -2.20. The predicted molar refractivity (Wildman–Crippen MR) is 92.9 cm³/mol. The molecule has 0 radical (unpaired) electrons. The fourth-order valence-electron chi connectivity index (χ4n) is 2.83. The Kier molecular flexibility index (Phi) is 4.23. The van der Waals surface area contributed by atoms with Crippen molar-refractivity contribution in [2.75, 3.05) is 19.8 Å². The zero-order valence-corrected chi connectivity index (χ0v) is 14.3. The van der Waals surface area contributed by atoms with Crippen LogP contribution in [0.5, 0.6) is 11.8 Å². The Hall–Kier alpha value is -2.67. The number of fused-ring (bicyclic) bond motifs is 4. The number of ether oxygens (including phenoxy) is 3. The van der Waals surface area contributed by atoms with Crippen molar-refractivity contribution in [3.63, 3.8) is 0 Å². The summed E-state index contributed by atoms with van der Waals surface area (Å²) in [6, 6.07) is 8.13. The van der Waals surface area contributed by atoms with Crippen LogP contribution in [0.2, 0.25) is 0 Å². The van der Waals surface area contributed by atoms with Crippen molar-refractivity contribution in [3.05, 3.63) is 30.0 Å². The van der Waals surface area contributed by atoms with E-state index >= 15 is 0 Å². The predicted octanol–water partition coefficient (Wildman–Crippen LogP) is 2.89. The highest BCUT2D eigenvalue weighted by Crippen LogP contribution is 2.29. The van der Waals surface area contributed by atoms with Crippen LogP contribution in [0, 0.1) is 6.92 Å². The van der Waals surface area contributed by atoms with E-state index in [-0.39, 0.29) is 6.10 Å². The van der Waals surface area contributed by atoms with Crippen molar-refractivity contribution in [2.45, 2.75) is 26.4 Å². The molecule has 0 fully saturated rings. The number of rotatable bonds is 0. The number of nitrogens with one attached hydrogen (secondary N) is 1. The van der Waals surface area contributed by atoms with Crippen LogP contribution in [0.25, 0.3) is 22.3 Å². The molecule has 0 amide bonds. The largest absolute Gasteiger partial charge is 0.488 e. The number of aryl methyl sites for hydroxylation is 1. The van der Waals surface area contributed by atoms with Crippen LogP contribution < -0.4 is 9.47 Å². The lowest BCUT2D eigenvalue weighted by molar-refractivity contribution is 0.0523. The second-order valence-corrected chi connectivity index (χ2v) is 6.16. The maximum absolute atomic E-state index is 5.97. The van der Waals surface area contributed by atoms with Gasteiger partial charge in [-0.1, -0.05) is 0 Å². The average Bonchev–Trinajstić information content (AvgIpc) is 3.00. The molecule has 1 aromatic carbocycles. The number of benzene rings is 1. The normalized spacial score (nSPS) is 18.2. The van der Waals surface area contributed by atoms with Crippen molar-refractivity contribution >= 4 is 10.9 Å². The van der Waals surface area contributed by atoms with Gasteiger partial charge in [0.05, 0.1) is 24.4 Å². The number of aromatic amines is 1. The number of H-pyrrole nitrogens is 1. The van der Waals surface area contributed by atoms with E-state index in [1.807, 2.05) is 38.1 Å². The average molecular weight is 340 g/mol. The molecule has 3 aromatic rings. The van der Waals surface area contributed by atoms with Gasteiger partial charge in [-0.05, 0) is 38.1 Å². The SMILES string of the molecule is Cc1cc2nc(n1)OCCCOC[C@H](C)Oc1ccc3[nH]nc-2c3c1. The topological polar surface area (TPSA) is 82.2 Å². The minimum Gasteiger partial charge on any atom is -0.488 e. The summed E-state index contributed by atoms with van der Waals surface area (Å²) < 4.78 is 17.3. The fraction of sp³-hybridized carbons (Fsp3) is 0.389. The van der Waals surface area contributed by atoms with Crippen LogP contribution in [0.4, 0.5) is 0 Å². The zero-order valence-electron chi connectivity index (χ0n) is 14.3. The third-order valence-electron chi connectivity index (χ3n) is 3.96. The molecule has 0 saturated heterocycles. The van der Waals surface area contributed by atoms with Crippen molar-refractivity contribution in [3.8, 4) is 23.1 Å². The number of aromatic nitrogens is 4. The standard InChI is InChI=1S/C18H20N4O3/c1-11-8-16-17-14-9-13(4-5-15(14)21-22-17)25-12(2)10-23-6-3-7-24-18(19-11)20-16/h4-5,8-9,12H,3,6-7,10H2,1-2H3,(H,21,22)/t12-/m0/s1. The lowest BCUT2D eigenvalue weighted by atomic mass is 10.1. The van der Waals surface area contributed by atoms with Gasteiger partial charge in [-0.3, -0.25) is 5.10 Å². The van der Waals surface area contributed by atoms with Crippen LogP contribution >= 0.6 is 0 Å². The van der Waals surface area contributed by atoms with Gasteiger partial charge in [-0.2, -0.15) is 10.1 Å². The molecule has 2 aromatic heterocycles. The summed E-state index contributed by atoms with van der Waals surface area (Å²) in [6.45, 7) is 5.54. The fourth-order valence-corrected chi connectivity index (χ4v) is 2.83. The molecule has 130 valence electrons. The van der Waals surface area contributed by atoms with E-state index in [4.69, 9.17) is 14.2 Å². The third kappa shape index (κ3) is 3.41. The second-order valence-electron chi connectivity index (χ2n) is 6.16. The van der Waals surface area contributed by atoms with Gasteiger partial charge >= 0.3 is 6.01 Å². The molecular formula is C18H20N4O3. The lowest BCUT2D eigenvalue weighted by Gasteiger charge is -2.15. The van der Waals surface area contributed by atoms with Crippen LogP contribution in [-0.4, -0.2) is 46.1 Å². The monoisotopic (exact) mass is 340 g/mol. The molecule has 0 saturated carbocycles. The number of hydrogen-bond donors (Lipinski definition) is 1. The zero-order chi connectivity index (χ0) is 17.2. The quantitative estimate of drug-likeness (QED) is 0.677. The Bertz CT molecular complexity index is 893. The highest BCUT2D eigenvalue weighted by molar-refractivity contribution is 5.92. The summed E-state index contributed by atoms with van der Waals surface area (Å²) >= 11 is 0. The highest BCUT2D eigenvalue weighted by Gasteiger charge is 2.15. The molecule has 1 atom stereocenters. The molecule has 7 nitrogen and oxygen atoms in total. The first-order valence-electron chi connectivity index (χ1n) is 8.40. The molecular weight excluding hydrogens is 320 g/mol. The first kappa shape index (κ1) is 15.8. The molecule has 7 heteroatoms. The molecule has 4 rings (SSSR count). The molecule has 0 spiro atoms. The molecule has 25 heavy (non-hydrogen) atoms. The summed E-state index contributed by atoms with van der Waals surface area (Å²) in [5, 5.41) is 8.42. The van der Waals surface area contributed by atoms with E-state index in [0.717, 1.165) is 40.2 Å². The molecule has 1 N–H and O–H groups in total. The van der Waals surface area contributed by atoms with E-state index < -0.39 is 0 Å². The van der Waals surface area contributed by atoms with Gasteiger partial charge in [0, 0.05) is 24.1 Å². The van der Waals surface area contributed by atoms with Crippen LogP contribution in [0.15, 0.2) is 24.3 Å². The van der Waals surface area contributed by atoms with Gasteiger partial charge < -0.3 is 14.2 Å². The van der Waals surface area contributed by atoms with E-state index in [1.54, 1.807) is 0 Å². The van der Waals surface area contributed by atoms with Gasteiger partial charge in [0.1, 0.15) is 17.5 Å². The van der Waals surface area contributed by atoms with Crippen LogP contribution in [0.3, 0.4) is 0 Å². The van der Waals surface area contributed by atoms with Crippen molar-refractivity contribution in [1.82, 2.24) is 20.2 Å². The first-order chi connectivity index (χ1) is 12.2. The molecule has 3 heterocycles. The molecule has 1 aliphatic rings. The Morgan fingerprint density at radius 3 is 3.00 bits per heavy atom. The summed E-state index contributed by atoms with van der Waals surface area (Å²) in [7, 11) is 0. The maximum Gasteiger partial charge on any atom is 0.317 e. The van der Waals surface area contributed by atoms with Gasteiger partial charge in [0.2, 0.25) is 0 Å². The Morgan fingerprint density at radius 2 is 2.08 bits per heavy atom. The Morgan fingerprint density at radius 1 is 1.16 bits per heavy atom. The van der Waals surface area contributed by atoms with Gasteiger partial charge in [0.25, 0.3) is 0 Å². The Balaban J connectivity index is 1.82.